The third-order valence-corrected chi connectivity index (χ3v) is 3.89. The molecule has 0 spiro atoms. The minimum atomic E-state index is -0.349. The van der Waals surface area contributed by atoms with Crippen LogP contribution in [0.1, 0.15) is 13.3 Å². The van der Waals surface area contributed by atoms with E-state index in [1.165, 1.54) is 0 Å². The molecule has 4 nitrogen and oxygen atoms in total. The second-order valence-electron chi connectivity index (χ2n) is 4.82. The predicted octanol–water partition coefficient (Wildman–Crippen LogP) is 1.12. The molecule has 0 aliphatic carbocycles. The Morgan fingerprint density at radius 3 is 2.94 bits per heavy atom. The molecule has 0 N–H and O–H groups in total. The molecule has 2 aliphatic heterocycles. The minimum absolute atomic E-state index is 0.155. The monoisotopic (exact) mass is 230 g/mol. The molecule has 16 heavy (non-hydrogen) atoms. The smallest absolute Gasteiger partial charge is 0.409 e. The average Bonchev–Trinajstić information content (AvgIpc) is 2.78. The fourth-order valence-electron chi connectivity index (χ4n) is 2.91. The molecular formula is C11H19FN2O2. The topological polar surface area (TPSA) is 32.8 Å². The molecule has 2 aliphatic rings. The molecule has 2 fully saturated rings. The molecule has 0 saturated carbocycles. The lowest BCUT2D eigenvalue weighted by Gasteiger charge is -2.25. The molecule has 2 saturated heterocycles. The van der Waals surface area contributed by atoms with E-state index in [2.05, 4.69) is 4.90 Å². The Morgan fingerprint density at radius 1 is 1.62 bits per heavy atom. The van der Waals surface area contributed by atoms with Crippen LogP contribution >= 0.6 is 0 Å². The lowest BCUT2D eigenvalue weighted by molar-refractivity contribution is 0.107. The van der Waals surface area contributed by atoms with E-state index in [1.807, 2.05) is 7.05 Å². The van der Waals surface area contributed by atoms with Gasteiger partial charge in [0.1, 0.15) is 0 Å². The molecule has 0 aromatic heterocycles. The van der Waals surface area contributed by atoms with Gasteiger partial charge in [0.05, 0.1) is 13.3 Å². The number of amides is 1. The first-order chi connectivity index (χ1) is 7.63. The fourth-order valence-corrected chi connectivity index (χ4v) is 2.91. The maximum atomic E-state index is 13.2. The van der Waals surface area contributed by atoms with Gasteiger partial charge >= 0.3 is 6.09 Å². The largest absolute Gasteiger partial charge is 0.450 e. The van der Waals surface area contributed by atoms with Crippen molar-refractivity contribution >= 4 is 6.09 Å². The lowest BCUT2D eigenvalue weighted by Crippen LogP contribution is -2.38. The Balaban J connectivity index is 2.07. The van der Waals surface area contributed by atoms with Crippen LogP contribution in [0.2, 0.25) is 0 Å². The second-order valence-corrected chi connectivity index (χ2v) is 4.82. The number of hydrogen-bond donors (Lipinski definition) is 0. The zero-order valence-corrected chi connectivity index (χ0v) is 9.91. The van der Waals surface area contributed by atoms with Crippen LogP contribution in [-0.2, 0) is 4.74 Å². The maximum Gasteiger partial charge on any atom is 0.409 e. The van der Waals surface area contributed by atoms with E-state index in [0.29, 0.717) is 19.7 Å². The highest BCUT2D eigenvalue weighted by Gasteiger charge is 2.53. The predicted molar refractivity (Wildman–Crippen MR) is 58.0 cm³/mol. The van der Waals surface area contributed by atoms with Gasteiger partial charge in [-0.15, -0.1) is 0 Å². The van der Waals surface area contributed by atoms with Crippen molar-refractivity contribution in [3.05, 3.63) is 0 Å². The fraction of sp³-hybridized carbons (Fsp3) is 0.909. The summed E-state index contributed by atoms with van der Waals surface area (Å²) >= 11 is 0. The number of likely N-dealkylation sites (N-methyl/N-ethyl adjacent to an activating group) is 1. The van der Waals surface area contributed by atoms with Gasteiger partial charge in [0.25, 0.3) is 0 Å². The van der Waals surface area contributed by atoms with Gasteiger partial charge in [-0.25, -0.2) is 4.79 Å². The van der Waals surface area contributed by atoms with Crippen molar-refractivity contribution in [2.45, 2.75) is 19.4 Å². The average molecular weight is 230 g/mol. The van der Waals surface area contributed by atoms with Gasteiger partial charge < -0.3 is 14.5 Å². The summed E-state index contributed by atoms with van der Waals surface area (Å²) in [5.74, 6) is 0. The number of carbonyl (C=O) groups is 1. The number of hydrogen-bond acceptors (Lipinski definition) is 3. The first-order valence-electron chi connectivity index (χ1n) is 5.81. The minimum Gasteiger partial charge on any atom is -0.450 e. The van der Waals surface area contributed by atoms with Crippen molar-refractivity contribution in [1.29, 1.82) is 0 Å². The van der Waals surface area contributed by atoms with Crippen molar-refractivity contribution in [2.24, 2.45) is 5.41 Å². The summed E-state index contributed by atoms with van der Waals surface area (Å²) in [7, 11) is 2.00. The lowest BCUT2D eigenvalue weighted by atomic mass is 9.84. The maximum absolute atomic E-state index is 13.2. The second kappa shape index (κ2) is 4.20. The standard InChI is InChI=1S/C11H19FN2O2/c1-3-16-10(15)14-6-9-11(7-12,8-14)4-5-13(9)2/h9H,3-8H2,1-2H3. The van der Waals surface area contributed by atoms with E-state index < -0.39 is 0 Å². The Labute approximate surface area is 95.3 Å². The van der Waals surface area contributed by atoms with Gasteiger partial charge in [-0.2, -0.15) is 0 Å². The molecule has 2 unspecified atom stereocenters. The number of likely N-dealkylation sites (tertiary alicyclic amines) is 2. The summed E-state index contributed by atoms with van der Waals surface area (Å²) in [4.78, 5) is 15.4. The molecule has 2 heterocycles. The molecule has 0 aromatic carbocycles. The third kappa shape index (κ3) is 1.67. The van der Waals surface area contributed by atoms with Crippen LogP contribution in [0.25, 0.3) is 0 Å². The van der Waals surface area contributed by atoms with E-state index in [-0.39, 0.29) is 24.2 Å². The molecule has 2 atom stereocenters. The Bertz CT molecular complexity index is 287. The van der Waals surface area contributed by atoms with E-state index in [9.17, 15) is 9.18 Å². The SMILES string of the molecule is CCOC(=O)N1CC2N(C)CCC2(CF)C1. The number of alkyl halides is 1. The van der Waals surface area contributed by atoms with Crippen LogP contribution in [0.15, 0.2) is 0 Å². The third-order valence-electron chi connectivity index (χ3n) is 3.89. The highest BCUT2D eigenvalue weighted by molar-refractivity contribution is 5.68. The van der Waals surface area contributed by atoms with E-state index in [0.717, 1.165) is 13.0 Å². The van der Waals surface area contributed by atoms with Crippen LogP contribution in [-0.4, -0.2) is 61.9 Å². The number of nitrogens with zero attached hydrogens (tertiary/aromatic N) is 2. The summed E-state index contributed by atoms with van der Waals surface area (Å²) in [6, 6.07) is 0.155. The summed E-state index contributed by atoms with van der Waals surface area (Å²) < 4.78 is 18.2. The molecule has 2 rings (SSSR count). The van der Waals surface area contributed by atoms with Crippen LogP contribution in [0, 0.1) is 5.41 Å². The number of carbonyl (C=O) groups excluding carboxylic acids is 1. The van der Waals surface area contributed by atoms with E-state index in [1.54, 1.807) is 11.8 Å². The number of halogens is 1. The quantitative estimate of drug-likeness (QED) is 0.712. The number of ether oxygens (including phenoxy) is 1. The van der Waals surface area contributed by atoms with Crippen LogP contribution < -0.4 is 0 Å². The number of rotatable bonds is 2. The van der Waals surface area contributed by atoms with E-state index >= 15 is 0 Å². The Morgan fingerprint density at radius 2 is 2.38 bits per heavy atom. The Kier molecular flexibility index (Phi) is 3.06. The molecular weight excluding hydrogens is 211 g/mol. The summed E-state index contributed by atoms with van der Waals surface area (Å²) in [6.07, 6.45) is 0.527. The van der Waals surface area contributed by atoms with Gasteiger partial charge in [0, 0.05) is 24.5 Å². The van der Waals surface area contributed by atoms with Gasteiger partial charge in [0.2, 0.25) is 0 Å². The van der Waals surface area contributed by atoms with Gasteiger partial charge in [-0.1, -0.05) is 0 Å². The van der Waals surface area contributed by atoms with Crippen molar-refractivity contribution in [3.8, 4) is 0 Å². The highest BCUT2D eigenvalue weighted by Crippen LogP contribution is 2.42. The number of fused-ring (bicyclic) bond motifs is 1. The van der Waals surface area contributed by atoms with Gasteiger partial charge in [-0.3, -0.25) is 4.39 Å². The summed E-state index contributed by atoms with van der Waals surface area (Å²) in [5.41, 5.74) is -0.346. The normalized spacial score (nSPS) is 34.2. The van der Waals surface area contributed by atoms with Crippen molar-refractivity contribution in [2.75, 3.05) is 40.0 Å². The van der Waals surface area contributed by atoms with Crippen molar-refractivity contribution in [1.82, 2.24) is 9.80 Å². The molecule has 0 aromatic rings. The van der Waals surface area contributed by atoms with Crippen molar-refractivity contribution < 1.29 is 13.9 Å². The zero-order valence-electron chi connectivity index (χ0n) is 9.91. The van der Waals surface area contributed by atoms with E-state index in [4.69, 9.17) is 4.74 Å². The van der Waals surface area contributed by atoms with Gasteiger partial charge in [0.15, 0.2) is 0 Å². The van der Waals surface area contributed by atoms with Crippen molar-refractivity contribution in [3.63, 3.8) is 0 Å². The molecule has 0 radical (unpaired) electrons. The Hall–Kier alpha value is -0.840. The zero-order chi connectivity index (χ0) is 11.8. The molecule has 0 bridgehead atoms. The van der Waals surface area contributed by atoms with Crippen LogP contribution in [0.5, 0.6) is 0 Å². The van der Waals surface area contributed by atoms with Crippen LogP contribution in [0.3, 0.4) is 0 Å². The van der Waals surface area contributed by atoms with Gasteiger partial charge in [-0.05, 0) is 26.9 Å². The highest BCUT2D eigenvalue weighted by atomic mass is 19.1. The summed E-state index contributed by atoms with van der Waals surface area (Å²) in [5, 5.41) is 0. The summed E-state index contributed by atoms with van der Waals surface area (Å²) in [6.45, 7) is 3.82. The molecule has 92 valence electrons. The molecule has 5 heteroatoms. The first-order valence-corrected chi connectivity index (χ1v) is 5.81. The first kappa shape index (κ1) is 11.6. The van der Waals surface area contributed by atoms with Crippen LogP contribution in [0.4, 0.5) is 9.18 Å². The molecule has 1 amide bonds.